The normalized spacial score (nSPS) is 26.8. The first-order chi connectivity index (χ1) is 7.56. The van der Waals surface area contributed by atoms with Gasteiger partial charge in [0.05, 0.1) is 6.20 Å². The average Bonchev–Trinajstić information content (AvgIpc) is 2.76. The lowest BCUT2D eigenvalue weighted by atomic mass is 10.1. The number of hydrogen-bond acceptors (Lipinski definition) is 3. The van der Waals surface area contributed by atoms with Gasteiger partial charge in [-0.2, -0.15) is 5.10 Å². The van der Waals surface area contributed by atoms with Crippen LogP contribution in [0.4, 0.5) is 0 Å². The van der Waals surface area contributed by atoms with Crippen LogP contribution in [-0.2, 0) is 6.54 Å². The quantitative estimate of drug-likeness (QED) is 0.837. The Bertz CT molecular complexity index is 335. The van der Waals surface area contributed by atoms with Crippen molar-refractivity contribution in [2.45, 2.75) is 39.4 Å². The molecule has 1 fully saturated rings. The van der Waals surface area contributed by atoms with E-state index in [2.05, 4.69) is 37.0 Å². The topological polar surface area (TPSA) is 47.1 Å². The van der Waals surface area contributed by atoms with Crippen molar-refractivity contribution in [3.05, 3.63) is 18.0 Å². The molecule has 0 radical (unpaired) electrons. The van der Waals surface area contributed by atoms with Crippen molar-refractivity contribution in [1.29, 1.82) is 0 Å². The summed E-state index contributed by atoms with van der Waals surface area (Å²) < 4.78 is 2.01. The fourth-order valence-corrected chi connectivity index (χ4v) is 2.22. The van der Waals surface area contributed by atoms with E-state index < -0.39 is 0 Å². The van der Waals surface area contributed by atoms with Gasteiger partial charge in [-0.1, -0.05) is 6.92 Å². The second-order valence-corrected chi connectivity index (χ2v) is 5.26. The van der Waals surface area contributed by atoms with Gasteiger partial charge in [0.2, 0.25) is 0 Å². The van der Waals surface area contributed by atoms with Crippen molar-refractivity contribution >= 4 is 0 Å². The fraction of sp³-hybridized carbons (Fsp3) is 0.750. The molecule has 90 valence electrons. The van der Waals surface area contributed by atoms with Crippen LogP contribution in [-0.4, -0.2) is 33.8 Å². The molecule has 0 bridgehead atoms. The highest BCUT2D eigenvalue weighted by molar-refractivity contribution is 5.05. The van der Waals surface area contributed by atoms with E-state index in [1.54, 1.807) is 0 Å². The molecular formula is C12H22N4. The Balaban J connectivity index is 1.94. The van der Waals surface area contributed by atoms with Crippen molar-refractivity contribution in [1.82, 2.24) is 14.7 Å². The summed E-state index contributed by atoms with van der Waals surface area (Å²) in [6.07, 6.45) is 4.10. The Morgan fingerprint density at radius 3 is 2.75 bits per heavy atom. The van der Waals surface area contributed by atoms with Crippen LogP contribution >= 0.6 is 0 Å². The fourth-order valence-electron chi connectivity index (χ4n) is 2.22. The summed E-state index contributed by atoms with van der Waals surface area (Å²) in [5.41, 5.74) is 7.30. The van der Waals surface area contributed by atoms with Crippen LogP contribution in [0.2, 0.25) is 0 Å². The molecule has 0 aromatic carbocycles. The first kappa shape index (κ1) is 11.6. The number of rotatable bonds is 3. The highest BCUT2D eigenvalue weighted by atomic mass is 15.3. The van der Waals surface area contributed by atoms with Gasteiger partial charge >= 0.3 is 0 Å². The smallest absolute Gasteiger partial charge is 0.0534 e. The molecule has 0 spiro atoms. The van der Waals surface area contributed by atoms with E-state index in [1.165, 1.54) is 5.56 Å². The number of hydrogen-bond donors (Lipinski definition) is 1. The van der Waals surface area contributed by atoms with Crippen LogP contribution < -0.4 is 5.73 Å². The Kier molecular flexibility index (Phi) is 3.30. The maximum absolute atomic E-state index is 6.01. The number of nitrogens with two attached hydrogens (primary N) is 1. The lowest BCUT2D eigenvalue weighted by molar-refractivity contribution is 0.318. The van der Waals surface area contributed by atoms with E-state index >= 15 is 0 Å². The average molecular weight is 222 g/mol. The minimum Gasteiger partial charge on any atom is -0.326 e. The molecule has 4 nitrogen and oxygen atoms in total. The van der Waals surface area contributed by atoms with Crippen molar-refractivity contribution in [2.24, 2.45) is 11.7 Å². The molecule has 0 saturated carbocycles. The summed E-state index contributed by atoms with van der Waals surface area (Å²) in [5, 5.41) is 4.35. The molecule has 1 saturated heterocycles. The number of nitrogens with zero attached hydrogens (tertiary/aromatic N) is 3. The molecule has 2 atom stereocenters. The molecule has 4 heteroatoms. The summed E-state index contributed by atoms with van der Waals surface area (Å²) in [5.74, 6) is 0.611. The van der Waals surface area contributed by atoms with Gasteiger partial charge in [0, 0.05) is 43.5 Å². The van der Waals surface area contributed by atoms with Crippen LogP contribution in [0.25, 0.3) is 0 Å². The van der Waals surface area contributed by atoms with E-state index in [0.717, 1.165) is 19.6 Å². The van der Waals surface area contributed by atoms with Crippen molar-refractivity contribution < 1.29 is 0 Å². The molecule has 2 N–H and O–H groups in total. The highest BCUT2D eigenvalue weighted by Crippen LogP contribution is 2.17. The molecule has 0 aliphatic carbocycles. The molecule has 1 aromatic heterocycles. The zero-order valence-corrected chi connectivity index (χ0v) is 10.4. The molecule has 1 aromatic rings. The van der Waals surface area contributed by atoms with Gasteiger partial charge in [0.1, 0.15) is 0 Å². The van der Waals surface area contributed by atoms with Crippen LogP contribution in [0, 0.1) is 5.92 Å². The Hall–Kier alpha value is -0.870. The minimum absolute atomic E-state index is 0.333. The third kappa shape index (κ3) is 2.44. The molecule has 2 heterocycles. The van der Waals surface area contributed by atoms with E-state index in [-0.39, 0.29) is 0 Å². The Labute approximate surface area is 97.4 Å². The third-order valence-corrected chi connectivity index (χ3v) is 3.34. The lowest BCUT2D eigenvalue weighted by Crippen LogP contribution is -2.28. The zero-order valence-electron chi connectivity index (χ0n) is 10.4. The van der Waals surface area contributed by atoms with Gasteiger partial charge in [-0.05, 0) is 19.8 Å². The van der Waals surface area contributed by atoms with Crippen molar-refractivity contribution in [3.63, 3.8) is 0 Å². The van der Waals surface area contributed by atoms with Crippen LogP contribution in [0.1, 0.15) is 32.4 Å². The largest absolute Gasteiger partial charge is 0.326 e. The van der Waals surface area contributed by atoms with E-state index in [9.17, 15) is 0 Å². The predicted molar refractivity (Wildman–Crippen MR) is 65.0 cm³/mol. The number of likely N-dealkylation sites (tertiary alicyclic amines) is 1. The molecule has 2 unspecified atom stereocenters. The van der Waals surface area contributed by atoms with Crippen LogP contribution in [0.3, 0.4) is 0 Å². The zero-order chi connectivity index (χ0) is 11.7. The summed E-state index contributed by atoms with van der Waals surface area (Å²) in [4.78, 5) is 2.41. The van der Waals surface area contributed by atoms with Gasteiger partial charge < -0.3 is 5.73 Å². The maximum Gasteiger partial charge on any atom is 0.0534 e. The van der Waals surface area contributed by atoms with E-state index in [1.807, 2.05) is 10.9 Å². The summed E-state index contributed by atoms with van der Waals surface area (Å²) >= 11 is 0. The van der Waals surface area contributed by atoms with E-state index in [0.29, 0.717) is 18.0 Å². The summed E-state index contributed by atoms with van der Waals surface area (Å²) in [7, 11) is 0. The first-order valence-corrected chi connectivity index (χ1v) is 6.07. The standard InChI is InChI=1S/C12H22N4/c1-9(2)16-7-11(4-14-16)6-15-5-10(3)12(13)8-15/h4,7,9-10,12H,5-6,8,13H2,1-3H3. The SMILES string of the molecule is CC1CN(Cc2cnn(C(C)C)c2)CC1N. The van der Waals surface area contributed by atoms with Gasteiger partial charge in [-0.15, -0.1) is 0 Å². The molecule has 2 rings (SSSR count). The Morgan fingerprint density at radius 1 is 1.50 bits per heavy atom. The molecular weight excluding hydrogens is 200 g/mol. The minimum atomic E-state index is 0.333. The summed E-state index contributed by atoms with van der Waals surface area (Å²) in [6, 6.07) is 0.772. The predicted octanol–water partition coefficient (Wildman–Crippen LogP) is 1.24. The van der Waals surface area contributed by atoms with Gasteiger partial charge in [-0.3, -0.25) is 9.58 Å². The lowest BCUT2D eigenvalue weighted by Gasteiger charge is -2.13. The van der Waals surface area contributed by atoms with Gasteiger partial charge in [-0.25, -0.2) is 0 Å². The van der Waals surface area contributed by atoms with Crippen LogP contribution in [0.15, 0.2) is 12.4 Å². The second kappa shape index (κ2) is 4.55. The summed E-state index contributed by atoms with van der Waals surface area (Å²) in [6.45, 7) is 9.60. The van der Waals surface area contributed by atoms with Crippen molar-refractivity contribution in [2.75, 3.05) is 13.1 Å². The first-order valence-electron chi connectivity index (χ1n) is 6.07. The van der Waals surface area contributed by atoms with Crippen LogP contribution in [0.5, 0.6) is 0 Å². The molecule has 0 amide bonds. The van der Waals surface area contributed by atoms with E-state index in [4.69, 9.17) is 5.73 Å². The highest BCUT2D eigenvalue weighted by Gasteiger charge is 2.26. The molecule has 1 aliphatic heterocycles. The number of aromatic nitrogens is 2. The monoisotopic (exact) mass is 222 g/mol. The molecule has 1 aliphatic rings. The van der Waals surface area contributed by atoms with Gasteiger partial charge in [0.15, 0.2) is 0 Å². The van der Waals surface area contributed by atoms with Crippen molar-refractivity contribution in [3.8, 4) is 0 Å². The second-order valence-electron chi connectivity index (χ2n) is 5.26. The van der Waals surface area contributed by atoms with Gasteiger partial charge in [0.25, 0.3) is 0 Å². The Morgan fingerprint density at radius 2 is 2.25 bits per heavy atom. The molecule has 16 heavy (non-hydrogen) atoms. The maximum atomic E-state index is 6.01. The third-order valence-electron chi connectivity index (χ3n) is 3.34.